The highest BCUT2D eigenvalue weighted by Crippen LogP contribution is 2.70. The molecule has 0 spiro atoms. The Kier molecular flexibility index (Phi) is 15.8. The van der Waals surface area contributed by atoms with E-state index in [-0.39, 0.29) is 63.6 Å². The number of carbonyl (C=O) groups excluding carboxylic acids is 6. The van der Waals surface area contributed by atoms with Crippen LogP contribution in [0, 0.1) is 33.5 Å². The first-order chi connectivity index (χ1) is 31.0. The van der Waals surface area contributed by atoms with E-state index in [9.17, 15) is 33.9 Å². The number of aliphatic hydroxyl groups excluding tert-OH is 1. The van der Waals surface area contributed by atoms with E-state index in [1.54, 1.807) is 18.2 Å². The number of anilines is 1. The van der Waals surface area contributed by atoms with Gasteiger partial charge in [-0.25, -0.2) is 0 Å². The molecular weight excluding hydrogens is 829 g/mol. The van der Waals surface area contributed by atoms with Gasteiger partial charge in [-0.1, -0.05) is 57.6 Å². The molecule has 3 fully saturated rings. The Balaban J connectivity index is 0.891. The molecule has 14 heteroatoms. The van der Waals surface area contributed by atoms with E-state index in [1.807, 2.05) is 6.92 Å². The lowest BCUT2D eigenvalue weighted by Crippen LogP contribution is -2.57. The highest BCUT2D eigenvalue weighted by atomic mass is 16.5. The van der Waals surface area contributed by atoms with Gasteiger partial charge in [0, 0.05) is 61.3 Å². The molecule has 6 rings (SSSR count). The predicted molar refractivity (Wildman–Crippen MR) is 247 cm³/mol. The molecule has 354 valence electrons. The Hall–Kier alpha value is -4.92. The van der Waals surface area contributed by atoms with Crippen LogP contribution in [0.1, 0.15) is 113 Å². The minimum atomic E-state index is -0.838. The Labute approximate surface area is 384 Å². The summed E-state index contributed by atoms with van der Waals surface area (Å²) >= 11 is 0. The quantitative estimate of drug-likeness (QED) is 0.0781. The Morgan fingerprint density at radius 1 is 0.908 bits per heavy atom. The molecule has 7 unspecified atom stereocenters. The maximum absolute atomic E-state index is 13.9. The van der Waals surface area contributed by atoms with Crippen LogP contribution in [0.4, 0.5) is 5.69 Å². The number of benzene rings is 1. The molecule has 14 nitrogen and oxygen atoms in total. The normalized spacial score (nSPS) is 28.5. The fourth-order valence-electron chi connectivity index (χ4n) is 11.6. The van der Waals surface area contributed by atoms with Crippen molar-refractivity contribution in [2.24, 2.45) is 33.5 Å². The number of aliphatic hydroxyl groups is 1. The van der Waals surface area contributed by atoms with Crippen LogP contribution in [0.3, 0.4) is 0 Å². The van der Waals surface area contributed by atoms with Gasteiger partial charge in [0.2, 0.25) is 17.6 Å². The lowest BCUT2D eigenvalue weighted by Gasteiger charge is -2.65. The fourth-order valence-corrected chi connectivity index (χ4v) is 11.6. The maximum atomic E-state index is 13.9. The summed E-state index contributed by atoms with van der Waals surface area (Å²) in [5.74, 6) is -0.294. The van der Waals surface area contributed by atoms with E-state index in [2.05, 4.69) is 55.8 Å². The molecule has 0 bridgehead atoms. The van der Waals surface area contributed by atoms with E-state index in [4.69, 9.17) is 14.2 Å². The highest BCUT2D eigenvalue weighted by Gasteiger charge is 2.62. The Morgan fingerprint density at radius 3 is 2.26 bits per heavy atom. The molecule has 0 heterocycles. The average molecular weight is 899 g/mol. The van der Waals surface area contributed by atoms with Crippen LogP contribution < -0.4 is 16.0 Å². The number of hydrogen-bond donors (Lipinski definition) is 4. The molecule has 65 heavy (non-hydrogen) atoms. The van der Waals surface area contributed by atoms with Crippen molar-refractivity contribution >= 4 is 41.8 Å². The summed E-state index contributed by atoms with van der Waals surface area (Å²) in [5.41, 5.74) is 4.22. The van der Waals surface area contributed by atoms with Gasteiger partial charge in [0.1, 0.15) is 6.29 Å². The number of allylic oxidation sites excluding steroid dienone is 7. The van der Waals surface area contributed by atoms with Crippen LogP contribution in [0.2, 0.25) is 0 Å². The number of likely N-dealkylation sites (N-methyl/N-ethyl adjacent to an activating group) is 1. The van der Waals surface area contributed by atoms with Crippen LogP contribution >= 0.6 is 0 Å². The van der Waals surface area contributed by atoms with E-state index in [0.717, 1.165) is 56.1 Å². The second kappa shape index (κ2) is 20.7. The van der Waals surface area contributed by atoms with Gasteiger partial charge in [-0.15, -0.1) is 0 Å². The fraction of sp³-hybridized carbons (Fsp3) is 0.608. The number of amides is 3. The monoisotopic (exact) mass is 899 g/mol. The molecule has 4 N–H and O–H groups in total. The van der Waals surface area contributed by atoms with Crippen molar-refractivity contribution in [3.63, 3.8) is 0 Å². The number of ether oxygens (including phenoxy) is 3. The van der Waals surface area contributed by atoms with Crippen molar-refractivity contribution in [2.45, 2.75) is 98.4 Å². The van der Waals surface area contributed by atoms with E-state index >= 15 is 0 Å². The smallest absolute Gasteiger partial charge is 0.257 e. The Morgan fingerprint density at radius 2 is 1.58 bits per heavy atom. The van der Waals surface area contributed by atoms with Crippen LogP contribution in [0.5, 0.6) is 0 Å². The second-order valence-corrected chi connectivity index (χ2v) is 19.7. The SMILES string of the molecule is CNC(=O)CCC(C=O)N(C)C(=O)c1c(C=O)cccc1NCCOCCOCCOCCNC(=O)C1(C)CCC2(C)CCC3(C)C4=CC=C5C(=CC(=O)C(O)=C5C)C4(C)CCC3C2C1. The summed E-state index contributed by atoms with van der Waals surface area (Å²) < 4.78 is 17.2. The summed E-state index contributed by atoms with van der Waals surface area (Å²) in [6, 6.07) is 4.04. The van der Waals surface area contributed by atoms with Gasteiger partial charge in [-0.2, -0.15) is 0 Å². The number of ketones is 1. The summed E-state index contributed by atoms with van der Waals surface area (Å²) in [6.07, 6.45) is 14.4. The van der Waals surface area contributed by atoms with Crippen molar-refractivity contribution in [2.75, 3.05) is 72.1 Å². The first-order valence-corrected chi connectivity index (χ1v) is 23.3. The zero-order chi connectivity index (χ0) is 47.2. The van der Waals surface area contributed by atoms with Gasteiger partial charge in [0.05, 0.1) is 51.2 Å². The zero-order valence-electron chi connectivity index (χ0n) is 39.4. The van der Waals surface area contributed by atoms with Crippen molar-refractivity contribution in [1.82, 2.24) is 15.5 Å². The molecule has 1 aromatic carbocycles. The largest absolute Gasteiger partial charge is 0.504 e. The third kappa shape index (κ3) is 10.1. The van der Waals surface area contributed by atoms with Crippen molar-refractivity contribution < 1.29 is 48.1 Å². The van der Waals surface area contributed by atoms with Crippen LogP contribution in [0.15, 0.2) is 64.5 Å². The van der Waals surface area contributed by atoms with Crippen LogP contribution in [0.25, 0.3) is 0 Å². The van der Waals surface area contributed by atoms with E-state index < -0.39 is 17.4 Å². The summed E-state index contributed by atoms with van der Waals surface area (Å²) in [5, 5.41) is 19.3. The van der Waals surface area contributed by atoms with E-state index in [0.29, 0.717) is 88.4 Å². The first kappa shape index (κ1) is 49.5. The molecule has 5 aliphatic rings. The van der Waals surface area contributed by atoms with Crippen molar-refractivity contribution in [3.8, 4) is 0 Å². The number of rotatable bonds is 21. The molecule has 0 aliphatic heterocycles. The minimum absolute atomic E-state index is 0.0489. The van der Waals surface area contributed by atoms with E-state index in [1.165, 1.54) is 30.6 Å². The second-order valence-electron chi connectivity index (χ2n) is 19.7. The van der Waals surface area contributed by atoms with Crippen molar-refractivity contribution in [1.29, 1.82) is 0 Å². The van der Waals surface area contributed by atoms with Crippen LogP contribution in [-0.4, -0.2) is 119 Å². The number of nitrogens with one attached hydrogen (secondary N) is 3. The molecule has 0 aromatic heterocycles. The molecule has 0 radical (unpaired) electrons. The molecule has 0 saturated heterocycles. The minimum Gasteiger partial charge on any atom is -0.504 e. The summed E-state index contributed by atoms with van der Waals surface area (Å²) in [6.45, 7) is 14.0. The predicted octanol–water partition coefficient (Wildman–Crippen LogP) is 6.48. The third-order valence-electron chi connectivity index (χ3n) is 15.8. The van der Waals surface area contributed by atoms with Gasteiger partial charge in [-0.05, 0) is 104 Å². The van der Waals surface area contributed by atoms with Gasteiger partial charge >= 0.3 is 0 Å². The summed E-state index contributed by atoms with van der Waals surface area (Å²) in [4.78, 5) is 76.7. The molecule has 3 amide bonds. The van der Waals surface area contributed by atoms with Gasteiger partial charge in [-0.3, -0.25) is 24.0 Å². The lowest BCUT2D eigenvalue weighted by atomic mass is 9.39. The third-order valence-corrected chi connectivity index (χ3v) is 15.8. The molecule has 1 aromatic rings. The van der Waals surface area contributed by atoms with Gasteiger partial charge < -0.3 is 45.0 Å². The number of carbonyl (C=O) groups is 6. The number of aldehydes is 2. The van der Waals surface area contributed by atoms with Gasteiger partial charge in [0.25, 0.3) is 5.91 Å². The highest BCUT2D eigenvalue weighted by molar-refractivity contribution is 6.07. The van der Waals surface area contributed by atoms with Crippen LogP contribution in [-0.2, 0) is 33.4 Å². The zero-order valence-corrected chi connectivity index (χ0v) is 39.4. The molecule has 7 atom stereocenters. The standard InChI is InChI=1S/C51H70N4O10/c1-33-36-12-13-42-50(4,38(36)29-41(58)45(33)60)16-15-37-39-30-49(3,18-17-48(39,2)19-20-51(37,42)5)47(62)54-22-24-64-26-28-65-27-25-63-23-21-53-40-10-8-9-34(31-56)44(40)46(61)55(7)35(32-57)11-14-43(59)52-6/h8-10,12-13,29,31-32,35,37,39,53,60H,11,14-28,30H2,1-7H3,(H,52,59)(H,54,62). The number of fused-ring (bicyclic) bond motifs is 7. The van der Waals surface area contributed by atoms with Gasteiger partial charge in [0.15, 0.2) is 12.0 Å². The molecular formula is C51H70N4O10. The molecule has 3 saturated carbocycles. The average Bonchev–Trinajstić information content (AvgIpc) is 3.29. The molecule has 5 aliphatic carbocycles. The topological polar surface area (TPSA) is 190 Å². The number of nitrogens with zero attached hydrogens (tertiary/aromatic N) is 1. The van der Waals surface area contributed by atoms with Crippen molar-refractivity contribution in [3.05, 3.63) is 75.6 Å². The maximum Gasteiger partial charge on any atom is 0.257 e. The number of hydrogen-bond acceptors (Lipinski definition) is 11. The summed E-state index contributed by atoms with van der Waals surface area (Å²) in [7, 11) is 2.98. The first-order valence-electron chi connectivity index (χ1n) is 23.3. The lowest BCUT2D eigenvalue weighted by molar-refractivity contribution is -0.144. The Bertz CT molecular complexity index is 2140.